The largest absolute Gasteiger partial charge is 0.204 e. The molecule has 0 N–H and O–H groups in total. The van der Waals surface area contributed by atoms with Crippen molar-refractivity contribution in [2.45, 2.75) is 26.2 Å². The minimum Gasteiger partial charge on any atom is -0.204 e. The van der Waals surface area contributed by atoms with Gasteiger partial charge >= 0.3 is 0 Å². The minimum atomic E-state index is -0.977. The fourth-order valence-corrected chi connectivity index (χ4v) is 3.18. The van der Waals surface area contributed by atoms with Crippen molar-refractivity contribution in [3.8, 4) is 11.8 Å². The van der Waals surface area contributed by atoms with Crippen LogP contribution in [0.4, 0.5) is 23.2 Å². The van der Waals surface area contributed by atoms with E-state index in [4.69, 9.17) is 0 Å². The van der Waals surface area contributed by atoms with Crippen LogP contribution in [0.1, 0.15) is 47.6 Å². The lowest BCUT2D eigenvalue weighted by Gasteiger charge is -2.05. The Labute approximate surface area is 195 Å². The van der Waals surface area contributed by atoms with E-state index in [0.717, 1.165) is 37.0 Å². The van der Waals surface area contributed by atoms with Crippen molar-refractivity contribution in [1.29, 1.82) is 0 Å². The van der Waals surface area contributed by atoms with Crippen LogP contribution in [-0.4, -0.2) is 5.16 Å². The molecule has 3 rings (SSSR count). The first-order valence-electron chi connectivity index (χ1n) is 10.3. The van der Waals surface area contributed by atoms with E-state index in [-0.39, 0.29) is 16.7 Å². The standard InChI is InChI=1S/C27H19F4NS/c1-2-3-4-18-7-11-21(12-8-18)25(30)26(31)22-13-9-19(10-14-22)5-6-20-15-23(28)27(32-17-33)24(29)16-20/h7-16H,2-4H2,1H3/b26-25+. The highest BCUT2D eigenvalue weighted by Crippen LogP contribution is 2.29. The van der Waals surface area contributed by atoms with Crippen LogP contribution < -0.4 is 0 Å². The van der Waals surface area contributed by atoms with E-state index in [1.165, 1.54) is 24.3 Å². The van der Waals surface area contributed by atoms with Gasteiger partial charge in [-0.05, 0) is 54.9 Å². The maximum Gasteiger partial charge on any atom is 0.166 e. The Kier molecular flexibility index (Phi) is 8.32. The van der Waals surface area contributed by atoms with Crippen LogP contribution in [0.3, 0.4) is 0 Å². The number of nitrogens with zero attached hydrogens (tertiary/aromatic N) is 1. The number of isothiocyanates is 1. The average Bonchev–Trinajstić information content (AvgIpc) is 2.83. The van der Waals surface area contributed by atoms with Crippen molar-refractivity contribution in [2.24, 2.45) is 4.99 Å². The van der Waals surface area contributed by atoms with Crippen molar-refractivity contribution in [2.75, 3.05) is 0 Å². The molecule has 0 atom stereocenters. The third-order valence-electron chi connectivity index (χ3n) is 4.88. The summed E-state index contributed by atoms with van der Waals surface area (Å²) in [7, 11) is 0. The van der Waals surface area contributed by atoms with Gasteiger partial charge < -0.3 is 0 Å². The highest BCUT2D eigenvalue weighted by Gasteiger charge is 2.12. The third-order valence-corrected chi connectivity index (χ3v) is 4.97. The van der Waals surface area contributed by atoms with Gasteiger partial charge in [-0.1, -0.05) is 61.6 Å². The van der Waals surface area contributed by atoms with Crippen molar-refractivity contribution >= 4 is 34.7 Å². The van der Waals surface area contributed by atoms with E-state index in [0.29, 0.717) is 5.56 Å². The minimum absolute atomic E-state index is 0.0626. The summed E-state index contributed by atoms with van der Waals surface area (Å²) in [5.74, 6) is 1.63. The lowest BCUT2D eigenvalue weighted by Crippen LogP contribution is -1.88. The number of aliphatic imine (C=N–C) groups is 1. The Morgan fingerprint density at radius 3 is 1.85 bits per heavy atom. The number of thiocarbonyl (C=S) groups is 1. The summed E-state index contributed by atoms with van der Waals surface area (Å²) < 4.78 is 57.0. The Bertz CT molecular complexity index is 1250. The maximum absolute atomic E-state index is 14.7. The van der Waals surface area contributed by atoms with Gasteiger partial charge in [-0.15, -0.1) is 0 Å². The lowest BCUT2D eigenvalue weighted by molar-refractivity contribution is 0.587. The summed E-state index contributed by atoms with van der Waals surface area (Å²) in [6, 6.07) is 14.6. The van der Waals surface area contributed by atoms with Gasteiger partial charge in [0.05, 0.1) is 5.16 Å². The third kappa shape index (κ3) is 6.26. The summed E-state index contributed by atoms with van der Waals surface area (Å²) >= 11 is 4.36. The Morgan fingerprint density at radius 2 is 1.33 bits per heavy atom. The highest BCUT2D eigenvalue weighted by molar-refractivity contribution is 7.78. The number of rotatable bonds is 6. The van der Waals surface area contributed by atoms with Crippen molar-refractivity contribution in [3.05, 3.63) is 100 Å². The molecule has 1 nitrogen and oxygen atoms in total. The number of unbranched alkanes of at least 4 members (excludes halogenated alkanes) is 1. The molecule has 0 aliphatic carbocycles. The quantitative estimate of drug-likeness (QED) is 0.117. The van der Waals surface area contributed by atoms with Gasteiger partial charge in [0.2, 0.25) is 0 Å². The molecule has 0 aromatic heterocycles. The van der Waals surface area contributed by atoms with Crippen molar-refractivity contribution < 1.29 is 17.6 Å². The van der Waals surface area contributed by atoms with Gasteiger partial charge in [0.1, 0.15) is 5.69 Å². The topological polar surface area (TPSA) is 12.4 Å². The molecule has 0 spiro atoms. The van der Waals surface area contributed by atoms with Crippen LogP contribution in [0.2, 0.25) is 0 Å². The molecule has 0 bridgehead atoms. The van der Waals surface area contributed by atoms with Crippen LogP contribution >= 0.6 is 12.2 Å². The molecule has 166 valence electrons. The molecule has 0 radical (unpaired) electrons. The monoisotopic (exact) mass is 465 g/mol. The molecule has 3 aromatic carbocycles. The summed E-state index contributed by atoms with van der Waals surface area (Å²) in [5.41, 5.74) is 1.35. The maximum atomic E-state index is 14.7. The van der Waals surface area contributed by atoms with Gasteiger partial charge in [-0.25, -0.2) is 17.6 Å². The molecular formula is C27H19F4NS. The number of aryl methyl sites for hydroxylation is 1. The predicted molar refractivity (Wildman–Crippen MR) is 128 cm³/mol. The molecule has 0 aliphatic heterocycles. The van der Waals surface area contributed by atoms with Gasteiger partial charge in [-0.3, -0.25) is 0 Å². The molecule has 0 amide bonds. The molecule has 3 aromatic rings. The fraction of sp³-hybridized carbons (Fsp3) is 0.148. The zero-order valence-corrected chi connectivity index (χ0v) is 18.6. The van der Waals surface area contributed by atoms with E-state index in [1.807, 2.05) is 5.16 Å². The second-order valence-corrected chi connectivity index (χ2v) is 7.43. The van der Waals surface area contributed by atoms with Crippen molar-refractivity contribution in [1.82, 2.24) is 0 Å². The first-order chi connectivity index (χ1) is 15.9. The van der Waals surface area contributed by atoms with E-state index < -0.39 is 29.0 Å². The summed E-state index contributed by atoms with van der Waals surface area (Å²) in [5, 5.41) is 1.92. The molecule has 0 aliphatic rings. The number of hydrogen-bond donors (Lipinski definition) is 0. The second kappa shape index (κ2) is 11.4. The van der Waals surface area contributed by atoms with Crippen molar-refractivity contribution in [3.63, 3.8) is 0 Å². The van der Waals surface area contributed by atoms with E-state index in [2.05, 4.69) is 36.0 Å². The summed E-state index contributed by atoms with van der Waals surface area (Å²) in [6.07, 6.45) is 3.00. The lowest BCUT2D eigenvalue weighted by atomic mass is 10.0. The van der Waals surface area contributed by atoms with E-state index in [1.54, 1.807) is 24.3 Å². The van der Waals surface area contributed by atoms with Gasteiger partial charge in [0, 0.05) is 22.3 Å². The van der Waals surface area contributed by atoms with Gasteiger partial charge in [0.25, 0.3) is 0 Å². The predicted octanol–water partition coefficient (Wildman–Crippen LogP) is 8.21. The van der Waals surface area contributed by atoms with Crippen LogP contribution in [0.5, 0.6) is 0 Å². The Balaban J connectivity index is 1.78. The smallest absolute Gasteiger partial charge is 0.166 e. The normalized spacial score (nSPS) is 11.2. The van der Waals surface area contributed by atoms with Crippen LogP contribution in [0, 0.1) is 23.5 Å². The molecule has 0 unspecified atom stereocenters. The second-order valence-electron chi connectivity index (χ2n) is 7.25. The first kappa shape index (κ1) is 24.1. The summed E-state index contributed by atoms with van der Waals surface area (Å²) in [6.45, 7) is 2.10. The zero-order valence-electron chi connectivity index (χ0n) is 17.8. The van der Waals surface area contributed by atoms with Crippen LogP contribution in [0.25, 0.3) is 11.7 Å². The highest BCUT2D eigenvalue weighted by atomic mass is 32.1. The Morgan fingerprint density at radius 1 is 0.818 bits per heavy atom. The summed E-state index contributed by atoms with van der Waals surface area (Å²) in [4.78, 5) is 3.34. The molecule has 33 heavy (non-hydrogen) atoms. The molecule has 6 heteroatoms. The average molecular weight is 466 g/mol. The van der Waals surface area contributed by atoms with E-state index in [9.17, 15) is 17.6 Å². The number of benzene rings is 3. The zero-order chi connectivity index (χ0) is 23.8. The number of hydrogen-bond acceptors (Lipinski definition) is 2. The Hall–Kier alpha value is -3.52. The van der Waals surface area contributed by atoms with Crippen LogP contribution in [-0.2, 0) is 6.42 Å². The molecular weight excluding hydrogens is 446 g/mol. The molecule has 0 fully saturated rings. The first-order valence-corrected chi connectivity index (χ1v) is 10.7. The molecule has 0 saturated carbocycles. The van der Waals surface area contributed by atoms with Gasteiger partial charge in [-0.2, -0.15) is 4.99 Å². The SMILES string of the molecule is CCCCc1ccc(/C(F)=C(\F)c2ccc(C#Cc3cc(F)c(N=C=S)c(F)c3)cc2)cc1. The van der Waals surface area contributed by atoms with E-state index >= 15 is 0 Å². The van der Waals surface area contributed by atoms with Crippen LogP contribution in [0.15, 0.2) is 65.7 Å². The van der Waals surface area contributed by atoms with Gasteiger partial charge in [0.15, 0.2) is 23.3 Å². The number of halogens is 4. The molecule has 0 saturated heterocycles. The molecule has 0 heterocycles. The fourth-order valence-electron chi connectivity index (χ4n) is 3.09.